The van der Waals surface area contributed by atoms with Gasteiger partial charge in [0.1, 0.15) is 0 Å². The fourth-order valence-corrected chi connectivity index (χ4v) is 6.29. The van der Waals surface area contributed by atoms with Crippen molar-refractivity contribution < 1.29 is 5.11 Å². The average molecular weight is 195 g/mol. The Labute approximate surface area is 86.9 Å². The molecular formula is C13H23O+. The minimum atomic E-state index is -0.0625. The van der Waals surface area contributed by atoms with Gasteiger partial charge in [0, 0.05) is 19.3 Å². The van der Waals surface area contributed by atoms with E-state index in [2.05, 4.69) is 20.8 Å². The average Bonchev–Trinajstić information content (AvgIpc) is 1.67. The SMILES string of the molecule is CC12CC3(C)CC(C)(C1)CC([OH2+])(C2)C3. The zero-order valence-corrected chi connectivity index (χ0v) is 9.74. The van der Waals surface area contributed by atoms with Crippen molar-refractivity contribution in [1.29, 1.82) is 0 Å². The van der Waals surface area contributed by atoms with Crippen molar-refractivity contribution in [2.24, 2.45) is 16.2 Å². The summed E-state index contributed by atoms with van der Waals surface area (Å²) in [5.74, 6) is 0. The molecule has 4 rings (SSSR count). The summed E-state index contributed by atoms with van der Waals surface area (Å²) in [6.07, 6.45) is 7.67. The molecule has 4 aliphatic rings. The third-order valence-corrected chi connectivity index (χ3v) is 4.86. The van der Waals surface area contributed by atoms with E-state index in [1.807, 2.05) is 0 Å². The normalized spacial score (nSPS) is 66.0. The van der Waals surface area contributed by atoms with Gasteiger partial charge in [0.2, 0.25) is 0 Å². The molecule has 0 spiro atoms. The molecule has 1 nitrogen and oxygen atoms in total. The molecule has 2 N–H and O–H groups in total. The van der Waals surface area contributed by atoms with E-state index in [1.54, 1.807) is 0 Å². The maximum absolute atomic E-state index is 8.59. The number of rotatable bonds is 0. The molecule has 14 heavy (non-hydrogen) atoms. The van der Waals surface area contributed by atoms with E-state index >= 15 is 0 Å². The van der Waals surface area contributed by atoms with Gasteiger partial charge in [-0.25, -0.2) is 0 Å². The van der Waals surface area contributed by atoms with E-state index in [0.29, 0.717) is 16.2 Å². The van der Waals surface area contributed by atoms with Crippen molar-refractivity contribution in [3.63, 3.8) is 0 Å². The standard InChI is InChI=1S/C13H22O/c1-10-4-11(2)6-12(3,5-10)9-13(14,7-10)8-11/h14H,4-9H2,1-3H3/p+1. The van der Waals surface area contributed by atoms with Crippen LogP contribution in [0.5, 0.6) is 0 Å². The molecule has 0 heterocycles. The van der Waals surface area contributed by atoms with Gasteiger partial charge in [-0.2, -0.15) is 0 Å². The Morgan fingerprint density at radius 3 is 1.14 bits per heavy atom. The van der Waals surface area contributed by atoms with Gasteiger partial charge in [-0.15, -0.1) is 0 Å². The van der Waals surface area contributed by atoms with Gasteiger partial charge in [0.15, 0.2) is 5.60 Å². The van der Waals surface area contributed by atoms with E-state index in [0.717, 1.165) is 0 Å². The molecule has 1 heteroatoms. The molecule has 4 bridgehead atoms. The molecule has 0 saturated heterocycles. The first-order valence-corrected chi connectivity index (χ1v) is 5.99. The van der Waals surface area contributed by atoms with Gasteiger partial charge in [-0.05, 0) is 35.5 Å². The first kappa shape index (κ1) is 9.21. The van der Waals surface area contributed by atoms with Crippen LogP contribution in [0.15, 0.2) is 0 Å². The Balaban J connectivity index is 2.08. The minimum Gasteiger partial charge on any atom is -0.441 e. The zero-order valence-electron chi connectivity index (χ0n) is 9.74. The van der Waals surface area contributed by atoms with Crippen LogP contribution in [0.25, 0.3) is 0 Å². The molecule has 0 aromatic rings. The molecule has 0 radical (unpaired) electrons. The maximum Gasteiger partial charge on any atom is 0.165 e. The highest BCUT2D eigenvalue weighted by molar-refractivity contribution is 5.14. The number of hydrogen-bond acceptors (Lipinski definition) is 0. The molecule has 4 aliphatic carbocycles. The lowest BCUT2D eigenvalue weighted by Crippen LogP contribution is -2.61. The third kappa shape index (κ3) is 1.11. The molecule has 0 unspecified atom stereocenters. The van der Waals surface area contributed by atoms with Gasteiger partial charge in [0.25, 0.3) is 0 Å². The van der Waals surface area contributed by atoms with Gasteiger partial charge in [0.05, 0.1) is 0 Å². The Morgan fingerprint density at radius 2 is 0.929 bits per heavy atom. The van der Waals surface area contributed by atoms with Crippen LogP contribution in [0.4, 0.5) is 0 Å². The fourth-order valence-electron chi connectivity index (χ4n) is 6.29. The maximum atomic E-state index is 8.59. The van der Waals surface area contributed by atoms with E-state index in [4.69, 9.17) is 5.11 Å². The van der Waals surface area contributed by atoms with E-state index in [1.165, 1.54) is 38.5 Å². The van der Waals surface area contributed by atoms with Crippen LogP contribution in [0, 0.1) is 16.2 Å². The largest absolute Gasteiger partial charge is 0.441 e. The summed E-state index contributed by atoms with van der Waals surface area (Å²) < 4.78 is 0. The summed E-state index contributed by atoms with van der Waals surface area (Å²) in [4.78, 5) is 0. The third-order valence-electron chi connectivity index (χ3n) is 4.86. The Morgan fingerprint density at radius 1 is 0.643 bits per heavy atom. The van der Waals surface area contributed by atoms with Crippen molar-refractivity contribution >= 4 is 0 Å². The molecule has 0 aliphatic heterocycles. The second-order valence-corrected chi connectivity index (χ2v) is 7.77. The van der Waals surface area contributed by atoms with Crippen LogP contribution in [-0.4, -0.2) is 10.7 Å². The van der Waals surface area contributed by atoms with Gasteiger partial charge < -0.3 is 5.11 Å². The molecule has 4 saturated carbocycles. The number of hydrogen-bond donors (Lipinski definition) is 0. The van der Waals surface area contributed by atoms with Crippen molar-refractivity contribution in [3.8, 4) is 0 Å². The second-order valence-electron chi connectivity index (χ2n) is 7.77. The van der Waals surface area contributed by atoms with E-state index in [-0.39, 0.29) is 5.60 Å². The summed E-state index contributed by atoms with van der Waals surface area (Å²) in [6.45, 7) is 7.30. The van der Waals surface area contributed by atoms with Gasteiger partial charge in [-0.1, -0.05) is 20.8 Å². The van der Waals surface area contributed by atoms with Gasteiger partial charge >= 0.3 is 0 Å². The highest BCUT2D eigenvalue weighted by Gasteiger charge is 2.66. The molecule has 0 aromatic carbocycles. The van der Waals surface area contributed by atoms with Crippen LogP contribution < -0.4 is 0 Å². The lowest BCUT2D eigenvalue weighted by Gasteiger charge is -2.65. The monoisotopic (exact) mass is 195 g/mol. The van der Waals surface area contributed by atoms with Crippen LogP contribution >= 0.6 is 0 Å². The van der Waals surface area contributed by atoms with Crippen molar-refractivity contribution in [2.45, 2.75) is 64.9 Å². The van der Waals surface area contributed by atoms with E-state index in [9.17, 15) is 0 Å². The molecule has 4 fully saturated rings. The summed E-state index contributed by atoms with van der Waals surface area (Å²) in [5.41, 5.74) is 1.44. The Kier molecular flexibility index (Phi) is 1.36. The molecule has 0 atom stereocenters. The van der Waals surface area contributed by atoms with Crippen molar-refractivity contribution in [2.75, 3.05) is 0 Å². The highest BCUT2D eigenvalue weighted by Crippen LogP contribution is 2.70. The Hall–Kier alpha value is -0.0400. The van der Waals surface area contributed by atoms with Crippen LogP contribution in [-0.2, 0) is 0 Å². The summed E-state index contributed by atoms with van der Waals surface area (Å²) in [5, 5.41) is 8.59. The predicted molar refractivity (Wildman–Crippen MR) is 58.4 cm³/mol. The Bertz CT molecular complexity index is 198. The zero-order chi connectivity index (χ0) is 10.2. The second kappa shape index (κ2) is 2.07. The smallest absolute Gasteiger partial charge is 0.165 e. The highest BCUT2D eigenvalue weighted by atomic mass is 16.3. The van der Waals surface area contributed by atoms with Crippen LogP contribution in [0.2, 0.25) is 0 Å². The molecule has 0 amide bonds. The molecule has 0 aromatic heterocycles. The van der Waals surface area contributed by atoms with Crippen LogP contribution in [0.3, 0.4) is 0 Å². The minimum absolute atomic E-state index is 0.0625. The predicted octanol–water partition coefficient (Wildman–Crippen LogP) is 2.85. The summed E-state index contributed by atoms with van der Waals surface area (Å²) in [6, 6.07) is 0. The molecule has 80 valence electrons. The fraction of sp³-hybridized carbons (Fsp3) is 1.00. The topological polar surface area (TPSA) is 22.9 Å². The lowest BCUT2D eigenvalue weighted by molar-refractivity contribution is -0.219. The van der Waals surface area contributed by atoms with Crippen molar-refractivity contribution in [1.82, 2.24) is 0 Å². The van der Waals surface area contributed by atoms with Crippen LogP contribution in [0.1, 0.15) is 59.3 Å². The first-order valence-electron chi connectivity index (χ1n) is 5.99. The van der Waals surface area contributed by atoms with Crippen molar-refractivity contribution in [3.05, 3.63) is 0 Å². The quantitative estimate of drug-likeness (QED) is 0.531. The lowest BCUT2D eigenvalue weighted by atomic mass is 9.39. The first-order chi connectivity index (χ1) is 6.24. The summed E-state index contributed by atoms with van der Waals surface area (Å²) in [7, 11) is 0. The summed E-state index contributed by atoms with van der Waals surface area (Å²) >= 11 is 0. The van der Waals surface area contributed by atoms with Gasteiger partial charge in [-0.3, -0.25) is 0 Å². The van der Waals surface area contributed by atoms with E-state index < -0.39 is 0 Å². The molecular weight excluding hydrogens is 172 g/mol.